The molecule has 1 fully saturated rings. The fourth-order valence-electron chi connectivity index (χ4n) is 3.87. The van der Waals surface area contributed by atoms with Gasteiger partial charge >= 0.3 is 0 Å². The largest absolute Gasteiger partial charge is 0.508 e. The van der Waals surface area contributed by atoms with Gasteiger partial charge in [-0.1, -0.05) is 18.2 Å². The third-order valence-corrected chi connectivity index (χ3v) is 5.23. The van der Waals surface area contributed by atoms with E-state index in [-0.39, 0.29) is 17.6 Å². The van der Waals surface area contributed by atoms with E-state index in [0.717, 1.165) is 42.9 Å². The van der Waals surface area contributed by atoms with Crippen molar-refractivity contribution in [1.29, 1.82) is 0 Å². The lowest BCUT2D eigenvalue weighted by Crippen LogP contribution is -2.40. The molecule has 6 nitrogen and oxygen atoms in total. The van der Waals surface area contributed by atoms with Gasteiger partial charge in [-0.05, 0) is 42.2 Å². The van der Waals surface area contributed by atoms with E-state index < -0.39 is 0 Å². The minimum absolute atomic E-state index is 0.0978. The molecule has 6 heteroatoms. The number of aromatic nitrogens is 3. The Morgan fingerprint density at radius 1 is 1.18 bits per heavy atom. The Morgan fingerprint density at radius 3 is 2.89 bits per heavy atom. The molecule has 1 aliphatic heterocycles. The Balaban J connectivity index is 1.44. The minimum Gasteiger partial charge on any atom is -0.508 e. The quantitative estimate of drug-likeness (QED) is 0.743. The zero-order valence-corrected chi connectivity index (χ0v) is 15.7. The summed E-state index contributed by atoms with van der Waals surface area (Å²) in [6.45, 7) is 2.19. The van der Waals surface area contributed by atoms with E-state index in [1.807, 2.05) is 35.6 Å². The molecule has 0 spiro atoms. The molecular weight excluding hydrogens is 352 g/mol. The van der Waals surface area contributed by atoms with Gasteiger partial charge in [0.15, 0.2) is 0 Å². The summed E-state index contributed by atoms with van der Waals surface area (Å²) >= 11 is 0. The number of carbonyl (C=O) groups excluding carboxylic acids is 1. The van der Waals surface area contributed by atoms with Gasteiger partial charge in [0, 0.05) is 43.8 Å². The topological polar surface area (TPSA) is 71.2 Å². The van der Waals surface area contributed by atoms with Crippen LogP contribution in [0.2, 0.25) is 0 Å². The molecule has 0 aliphatic carbocycles. The Morgan fingerprint density at radius 2 is 2.07 bits per heavy atom. The maximum absolute atomic E-state index is 12.8. The molecule has 28 heavy (non-hydrogen) atoms. The van der Waals surface area contributed by atoms with E-state index >= 15 is 0 Å². The van der Waals surface area contributed by atoms with E-state index in [2.05, 4.69) is 20.6 Å². The fraction of sp³-hybridized carbons (Fsp3) is 0.318. The predicted octanol–water partition coefficient (Wildman–Crippen LogP) is 2.98. The van der Waals surface area contributed by atoms with Gasteiger partial charge in [-0.25, -0.2) is 4.98 Å². The van der Waals surface area contributed by atoms with Crippen molar-refractivity contribution in [2.24, 2.45) is 0 Å². The van der Waals surface area contributed by atoms with Gasteiger partial charge in [0.2, 0.25) is 5.91 Å². The maximum Gasteiger partial charge on any atom is 0.227 e. The van der Waals surface area contributed by atoms with Crippen LogP contribution in [0.25, 0.3) is 0 Å². The molecule has 144 valence electrons. The van der Waals surface area contributed by atoms with Crippen molar-refractivity contribution in [1.82, 2.24) is 19.4 Å². The Hall–Kier alpha value is -3.15. The highest BCUT2D eigenvalue weighted by molar-refractivity contribution is 5.79. The van der Waals surface area contributed by atoms with Gasteiger partial charge in [-0.15, -0.1) is 0 Å². The van der Waals surface area contributed by atoms with Gasteiger partial charge in [-0.3, -0.25) is 9.78 Å². The summed E-state index contributed by atoms with van der Waals surface area (Å²) < 4.78 is 2.16. The van der Waals surface area contributed by atoms with E-state index in [1.54, 1.807) is 24.4 Å². The van der Waals surface area contributed by atoms with E-state index in [1.165, 1.54) is 0 Å². The lowest BCUT2D eigenvalue weighted by atomic mass is 9.96. The molecule has 2 aromatic heterocycles. The molecule has 0 saturated carbocycles. The summed E-state index contributed by atoms with van der Waals surface area (Å²) in [6, 6.07) is 10.9. The van der Waals surface area contributed by atoms with Gasteiger partial charge in [-0.2, -0.15) is 0 Å². The lowest BCUT2D eigenvalue weighted by Gasteiger charge is -2.33. The number of hydrogen-bond donors (Lipinski definition) is 1. The molecule has 0 radical (unpaired) electrons. The summed E-state index contributed by atoms with van der Waals surface area (Å²) in [4.78, 5) is 23.5. The lowest BCUT2D eigenvalue weighted by molar-refractivity contribution is -0.131. The number of phenolic OH excluding ortho intramolecular Hbond substituents is 1. The fourth-order valence-corrected chi connectivity index (χ4v) is 3.87. The predicted molar refractivity (Wildman–Crippen MR) is 106 cm³/mol. The number of hydrogen-bond acceptors (Lipinski definition) is 4. The standard InChI is InChI=1S/C22H24N4O2/c27-20-7-1-4-17(12-20)13-21(28)25-10-3-6-19(16-25)22-24-9-11-26(22)15-18-5-2-8-23-14-18/h1-2,4-5,7-9,11-12,14,19,27H,3,6,10,13,15-16H2. The molecule has 1 aliphatic rings. The number of rotatable bonds is 5. The summed E-state index contributed by atoms with van der Waals surface area (Å²) in [5.41, 5.74) is 1.97. The Labute approximate surface area is 164 Å². The molecule has 3 aromatic rings. The van der Waals surface area contributed by atoms with Gasteiger partial charge < -0.3 is 14.6 Å². The molecule has 4 rings (SSSR count). The molecule has 1 saturated heterocycles. The third kappa shape index (κ3) is 4.22. The van der Waals surface area contributed by atoms with Crippen LogP contribution >= 0.6 is 0 Å². The number of pyridine rings is 1. The van der Waals surface area contributed by atoms with Crippen LogP contribution in [0.1, 0.15) is 35.7 Å². The van der Waals surface area contributed by atoms with Crippen molar-refractivity contribution < 1.29 is 9.90 Å². The van der Waals surface area contributed by atoms with Gasteiger partial charge in [0.25, 0.3) is 0 Å². The van der Waals surface area contributed by atoms with Crippen LogP contribution in [0.15, 0.2) is 61.2 Å². The number of aromatic hydroxyl groups is 1. The molecule has 1 atom stereocenters. The van der Waals surface area contributed by atoms with Crippen LogP contribution in [0.5, 0.6) is 5.75 Å². The summed E-state index contributed by atoms with van der Waals surface area (Å²) in [6.07, 6.45) is 9.78. The van der Waals surface area contributed by atoms with Crippen molar-refractivity contribution in [2.45, 2.75) is 31.7 Å². The van der Waals surface area contributed by atoms with E-state index in [4.69, 9.17) is 0 Å². The van der Waals surface area contributed by atoms with Crippen LogP contribution in [0.4, 0.5) is 0 Å². The molecule has 0 bridgehead atoms. The number of nitrogens with zero attached hydrogens (tertiary/aromatic N) is 4. The summed E-state index contributed by atoms with van der Waals surface area (Å²) in [7, 11) is 0. The average molecular weight is 376 g/mol. The van der Waals surface area contributed by atoms with Crippen LogP contribution in [0.3, 0.4) is 0 Å². The van der Waals surface area contributed by atoms with Gasteiger partial charge in [0.05, 0.1) is 13.0 Å². The highest BCUT2D eigenvalue weighted by Gasteiger charge is 2.27. The second-order valence-electron chi connectivity index (χ2n) is 7.30. The minimum atomic E-state index is 0.0978. The normalized spacial score (nSPS) is 16.9. The molecule has 1 aromatic carbocycles. The zero-order chi connectivity index (χ0) is 19.3. The van der Waals surface area contributed by atoms with Crippen molar-refractivity contribution in [3.05, 3.63) is 78.1 Å². The van der Waals surface area contributed by atoms with Crippen LogP contribution in [-0.2, 0) is 17.8 Å². The number of phenols is 1. The van der Waals surface area contributed by atoms with Crippen molar-refractivity contribution in [3.8, 4) is 5.75 Å². The van der Waals surface area contributed by atoms with Crippen molar-refractivity contribution in [3.63, 3.8) is 0 Å². The van der Waals surface area contributed by atoms with E-state index in [9.17, 15) is 9.90 Å². The van der Waals surface area contributed by atoms with Crippen LogP contribution in [0, 0.1) is 0 Å². The second-order valence-corrected chi connectivity index (χ2v) is 7.30. The number of amides is 1. The monoisotopic (exact) mass is 376 g/mol. The first-order valence-electron chi connectivity index (χ1n) is 9.64. The first-order valence-corrected chi connectivity index (χ1v) is 9.64. The number of imidazole rings is 1. The SMILES string of the molecule is O=C(Cc1cccc(O)c1)N1CCCC(c2nccn2Cc2cccnc2)C1. The number of benzene rings is 1. The highest BCUT2D eigenvalue weighted by atomic mass is 16.3. The summed E-state index contributed by atoms with van der Waals surface area (Å²) in [5.74, 6) is 1.55. The smallest absolute Gasteiger partial charge is 0.227 e. The Bertz CT molecular complexity index is 938. The summed E-state index contributed by atoms with van der Waals surface area (Å²) in [5, 5.41) is 9.61. The Kier molecular flexibility index (Phi) is 5.37. The molecular formula is C22H24N4O2. The average Bonchev–Trinajstić information content (AvgIpc) is 3.17. The van der Waals surface area contributed by atoms with Crippen LogP contribution < -0.4 is 0 Å². The molecule has 3 heterocycles. The number of piperidine rings is 1. The van der Waals surface area contributed by atoms with E-state index in [0.29, 0.717) is 13.0 Å². The first kappa shape index (κ1) is 18.2. The third-order valence-electron chi connectivity index (χ3n) is 5.23. The maximum atomic E-state index is 12.8. The van der Waals surface area contributed by atoms with Gasteiger partial charge in [0.1, 0.15) is 11.6 Å². The van der Waals surface area contributed by atoms with Crippen LogP contribution in [-0.4, -0.2) is 43.5 Å². The highest BCUT2D eigenvalue weighted by Crippen LogP contribution is 2.27. The number of carbonyl (C=O) groups is 1. The molecule has 1 amide bonds. The zero-order valence-electron chi connectivity index (χ0n) is 15.7. The first-order chi connectivity index (χ1) is 13.7. The molecule has 1 N–H and O–H groups in total. The second kappa shape index (κ2) is 8.25. The van der Waals surface area contributed by atoms with Crippen molar-refractivity contribution >= 4 is 5.91 Å². The van der Waals surface area contributed by atoms with Crippen molar-refractivity contribution in [2.75, 3.05) is 13.1 Å². The molecule has 1 unspecified atom stereocenters. The number of likely N-dealkylation sites (tertiary alicyclic amines) is 1.